The molecule has 0 N–H and O–H groups in total. The van der Waals surface area contributed by atoms with Gasteiger partial charge in [-0.25, -0.2) is 13.0 Å². The van der Waals surface area contributed by atoms with Gasteiger partial charge < -0.3 is 0 Å². The van der Waals surface area contributed by atoms with Crippen LogP contribution in [0.4, 0.5) is 20.2 Å². The van der Waals surface area contributed by atoms with Crippen LogP contribution >= 0.6 is 23.2 Å². The average molecular weight is 549 g/mol. The minimum atomic E-state index is -2.07. The minimum Gasteiger partial charge on any atom is -0.258 e. The van der Waals surface area contributed by atoms with Gasteiger partial charge in [0.2, 0.25) is 0 Å². The Morgan fingerprint density at radius 2 is 1.03 bits per heavy atom. The molecular weight excluding hydrogens is 537 g/mol. The number of benzene rings is 4. The van der Waals surface area contributed by atoms with Gasteiger partial charge in [0.1, 0.15) is 21.7 Å². The van der Waals surface area contributed by atoms with Gasteiger partial charge in [0, 0.05) is 23.3 Å². The molecule has 4 aromatic carbocycles. The Bertz CT molecular complexity index is 1470. The van der Waals surface area contributed by atoms with E-state index in [9.17, 15) is 33.2 Å². The van der Waals surface area contributed by atoms with Gasteiger partial charge in [0.05, 0.1) is 30.4 Å². The SMILES string of the molecule is O=[N+]([O-])c1cc(-c2cc(F)ccc2S(=O)c2ccc(F)cc2-c2ccc(Cl)c([N+](=O)[O-])c2)ccc1Cl. The lowest BCUT2D eigenvalue weighted by Gasteiger charge is -2.14. The topological polar surface area (TPSA) is 103 Å². The molecule has 0 amide bonds. The summed E-state index contributed by atoms with van der Waals surface area (Å²) in [6.45, 7) is 0. The van der Waals surface area contributed by atoms with Crippen LogP contribution in [0.25, 0.3) is 22.3 Å². The van der Waals surface area contributed by atoms with Crippen LogP contribution in [0.15, 0.2) is 82.6 Å². The fraction of sp³-hybridized carbons (Fsp3) is 0. The molecule has 0 aliphatic heterocycles. The quantitative estimate of drug-likeness (QED) is 0.182. The van der Waals surface area contributed by atoms with Crippen molar-refractivity contribution in [2.75, 3.05) is 0 Å². The zero-order chi connectivity index (χ0) is 26.1. The van der Waals surface area contributed by atoms with Crippen LogP contribution in [0.2, 0.25) is 10.0 Å². The number of halogens is 4. The highest BCUT2D eigenvalue weighted by molar-refractivity contribution is 7.85. The zero-order valence-corrected chi connectivity index (χ0v) is 20.1. The lowest BCUT2D eigenvalue weighted by atomic mass is 10.0. The molecule has 0 heterocycles. The highest BCUT2D eigenvalue weighted by Gasteiger charge is 2.22. The van der Waals surface area contributed by atoms with E-state index in [0.717, 1.165) is 36.4 Å². The molecule has 0 saturated heterocycles. The van der Waals surface area contributed by atoms with Crippen LogP contribution in [-0.4, -0.2) is 14.1 Å². The number of hydrogen-bond donors (Lipinski definition) is 0. The Hall–Kier alpha value is -3.73. The van der Waals surface area contributed by atoms with E-state index in [4.69, 9.17) is 23.2 Å². The van der Waals surface area contributed by atoms with Crippen molar-refractivity contribution in [3.63, 3.8) is 0 Å². The van der Waals surface area contributed by atoms with E-state index in [0.29, 0.717) is 0 Å². The van der Waals surface area contributed by atoms with E-state index in [1.54, 1.807) is 0 Å². The molecule has 0 fully saturated rings. The second-order valence-electron chi connectivity index (χ2n) is 7.40. The van der Waals surface area contributed by atoms with Crippen molar-refractivity contribution >= 4 is 45.4 Å². The Morgan fingerprint density at radius 3 is 1.39 bits per heavy atom. The third-order valence-corrected chi connectivity index (χ3v) is 7.34. The van der Waals surface area contributed by atoms with E-state index in [-0.39, 0.29) is 42.1 Å². The molecule has 4 rings (SSSR count). The monoisotopic (exact) mass is 548 g/mol. The first-order chi connectivity index (χ1) is 17.1. The summed E-state index contributed by atoms with van der Waals surface area (Å²) < 4.78 is 42.2. The van der Waals surface area contributed by atoms with Gasteiger partial charge in [0.15, 0.2) is 0 Å². The maximum absolute atomic E-state index is 14.2. The molecule has 182 valence electrons. The van der Waals surface area contributed by atoms with Gasteiger partial charge in [-0.1, -0.05) is 35.3 Å². The summed E-state index contributed by atoms with van der Waals surface area (Å²) in [7, 11) is -2.07. The maximum atomic E-state index is 14.2. The predicted octanol–water partition coefficient (Wildman–Crippen LogP) is 7.59. The highest BCUT2D eigenvalue weighted by Crippen LogP contribution is 2.38. The van der Waals surface area contributed by atoms with E-state index < -0.39 is 43.7 Å². The van der Waals surface area contributed by atoms with Crippen LogP contribution in [0.1, 0.15) is 0 Å². The fourth-order valence-corrected chi connectivity index (χ4v) is 5.28. The molecule has 0 aliphatic rings. The molecule has 0 unspecified atom stereocenters. The summed E-state index contributed by atoms with van der Waals surface area (Å²) in [4.78, 5) is 21.4. The molecule has 12 heteroatoms. The van der Waals surface area contributed by atoms with Crippen LogP contribution in [0.5, 0.6) is 0 Å². The first-order valence-corrected chi connectivity index (χ1v) is 11.9. The highest BCUT2D eigenvalue weighted by atomic mass is 35.5. The van der Waals surface area contributed by atoms with Crippen molar-refractivity contribution in [3.05, 3.63) is 115 Å². The van der Waals surface area contributed by atoms with Crippen molar-refractivity contribution in [2.45, 2.75) is 9.79 Å². The second-order valence-corrected chi connectivity index (χ2v) is 9.63. The van der Waals surface area contributed by atoms with Gasteiger partial charge in [-0.05, 0) is 59.7 Å². The summed E-state index contributed by atoms with van der Waals surface area (Å²) in [6, 6.07) is 14.4. The summed E-state index contributed by atoms with van der Waals surface area (Å²) in [5.41, 5.74) is -0.312. The molecule has 0 bridgehead atoms. The third-order valence-electron chi connectivity index (χ3n) is 5.19. The molecule has 36 heavy (non-hydrogen) atoms. The Balaban J connectivity index is 1.91. The summed E-state index contributed by atoms with van der Waals surface area (Å²) in [5, 5.41) is 22.4. The molecule has 0 spiro atoms. The summed E-state index contributed by atoms with van der Waals surface area (Å²) in [6.07, 6.45) is 0. The van der Waals surface area contributed by atoms with Gasteiger partial charge in [0.25, 0.3) is 11.4 Å². The molecule has 0 radical (unpaired) electrons. The smallest absolute Gasteiger partial charge is 0.258 e. The molecular formula is C24H12Cl2F2N2O5S. The number of hydrogen-bond acceptors (Lipinski definition) is 5. The van der Waals surface area contributed by atoms with E-state index >= 15 is 0 Å². The van der Waals surface area contributed by atoms with Crippen LogP contribution in [0, 0.1) is 31.9 Å². The molecule has 0 aromatic heterocycles. The first-order valence-electron chi connectivity index (χ1n) is 9.96. The van der Waals surface area contributed by atoms with Crippen LogP contribution in [0.3, 0.4) is 0 Å². The lowest BCUT2D eigenvalue weighted by molar-refractivity contribution is -0.384. The summed E-state index contributed by atoms with van der Waals surface area (Å²) >= 11 is 11.8. The van der Waals surface area contributed by atoms with Crippen LogP contribution < -0.4 is 0 Å². The Morgan fingerprint density at radius 1 is 0.639 bits per heavy atom. The fourth-order valence-electron chi connectivity index (χ4n) is 3.54. The third kappa shape index (κ3) is 4.97. The van der Waals surface area contributed by atoms with E-state index in [1.165, 1.54) is 36.4 Å². The minimum absolute atomic E-state index is 0.0735. The van der Waals surface area contributed by atoms with Crippen molar-refractivity contribution < 1.29 is 22.8 Å². The van der Waals surface area contributed by atoms with Crippen molar-refractivity contribution in [1.82, 2.24) is 0 Å². The van der Waals surface area contributed by atoms with Crippen molar-refractivity contribution in [3.8, 4) is 22.3 Å². The standard InChI is InChI=1S/C24H12Cl2F2N2O5S/c25-19-5-1-13(9-21(19)29(31)32)17-11-15(27)3-7-23(17)36(35)24-8-4-16(28)12-18(24)14-2-6-20(26)22(10-14)30(33)34/h1-12H. The van der Waals surface area contributed by atoms with E-state index in [2.05, 4.69) is 0 Å². The molecule has 0 aliphatic carbocycles. The maximum Gasteiger partial charge on any atom is 0.288 e. The lowest BCUT2D eigenvalue weighted by Crippen LogP contribution is -2.01. The average Bonchev–Trinajstić information content (AvgIpc) is 2.84. The van der Waals surface area contributed by atoms with Crippen molar-refractivity contribution in [2.24, 2.45) is 0 Å². The van der Waals surface area contributed by atoms with Gasteiger partial charge >= 0.3 is 0 Å². The number of rotatable bonds is 6. The summed E-state index contributed by atoms with van der Waals surface area (Å²) in [5.74, 6) is -1.37. The largest absolute Gasteiger partial charge is 0.288 e. The Labute approximate surface area is 214 Å². The predicted molar refractivity (Wildman–Crippen MR) is 132 cm³/mol. The number of nitrogens with zero attached hydrogens (tertiary/aromatic N) is 2. The first kappa shape index (κ1) is 25.4. The zero-order valence-electron chi connectivity index (χ0n) is 17.8. The second kappa shape index (κ2) is 10.1. The van der Waals surface area contributed by atoms with Crippen LogP contribution in [-0.2, 0) is 10.8 Å². The molecule has 0 saturated carbocycles. The Kier molecular flexibility index (Phi) is 7.11. The molecule has 4 aromatic rings. The number of nitro groups is 2. The van der Waals surface area contributed by atoms with Gasteiger partial charge in [-0.3, -0.25) is 20.2 Å². The normalized spacial score (nSPS) is 11.0. The molecule has 7 nitrogen and oxygen atoms in total. The number of nitro benzene ring substituents is 2. The van der Waals surface area contributed by atoms with E-state index in [1.807, 2.05) is 0 Å². The van der Waals surface area contributed by atoms with Gasteiger partial charge in [-0.15, -0.1) is 0 Å². The van der Waals surface area contributed by atoms with Gasteiger partial charge in [-0.2, -0.15) is 0 Å². The molecule has 0 atom stereocenters. The van der Waals surface area contributed by atoms with Crippen molar-refractivity contribution in [1.29, 1.82) is 0 Å².